The van der Waals surface area contributed by atoms with Gasteiger partial charge in [-0.2, -0.15) is 0 Å². The quantitative estimate of drug-likeness (QED) is 0.400. The lowest BCUT2D eigenvalue weighted by Gasteiger charge is -2.05. The van der Waals surface area contributed by atoms with E-state index in [1.165, 1.54) is 6.07 Å². The van der Waals surface area contributed by atoms with Gasteiger partial charge in [-0.25, -0.2) is 0 Å². The van der Waals surface area contributed by atoms with E-state index in [1.807, 2.05) is 0 Å². The van der Waals surface area contributed by atoms with Gasteiger partial charge in [0.25, 0.3) is 0 Å². The SMILES string of the molecule is COCCNC(=O)CCNCc1ccc([N+](=O)[O-])s1. The van der Waals surface area contributed by atoms with Gasteiger partial charge >= 0.3 is 5.00 Å². The zero-order chi connectivity index (χ0) is 14.1. The van der Waals surface area contributed by atoms with Crippen LogP contribution in [0.25, 0.3) is 0 Å². The molecular weight excluding hydrogens is 270 g/mol. The van der Waals surface area contributed by atoms with Crippen LogP contribution in [0.4, 0.5) is 5.00 Å². The maximum atomic E-state index is 11.3. The Labute approximate surface area is 115 Å². The molecular formula is C11H17N3O4S. The summed E-state index contributed by atoms with van der Waals surface area (Å²) < 4.78 is 4.81. The number of amides is 1. The number of methoxy groups -OCH3 is 1. The molecule has 1 aromatic rings. The number of ether oxygens (including phenoxy) is 1. The van der Waals surface area contributed by atoms with E-state index in [0.717, 1.165) is 16.2 Å². The maximum Gasteiger partial charge on any atom is 0.324 e. The molecule has 0 fully saturated rings. The Bertz CT molecular complexity index is 422. The molecule has 106 valence electrons. The highest BCUT2D eigenvalue weighted by Gasteiger charge is 2.09. The summed E-state index contributed by atoms with van der Waals surface area (Å²) in [6.45, 7) is 2.07. The maximum absolute atomic E-state index is 11.3. The van der Waals surface area contributed by atoms with Gasteiger partial charge in [-0.05, 0) is 6.07 Å². The summed E-state index contributed by atoms with van der Waals surface area (Å²) >= 11 is 1.14. The number of nitrogens with zero attached hydrogens (tertiary/aromatic N) is 1. The normalized spacial score (nSPS) is 10.4. The fourth-order valence-corrected chi connectivity index (χ4v) is 2.14. The summed E-state index contributed by atoms with van der Waals surface area (Å²) in [6, 6.07) is 3.20. The van der Waals surface area contributed by atoms with Crippen molar-refractivity contribution in [2.24, 2.45) is 0 Å². The Morgan fingerprint density at radius 2 is 2.26 bits per heavy atom. The van der Waals surface area contributed by atoms with Crippen molar-refractivity contribution in [3.63, 3.8) is 0 Å². The summed E-state index contributed by atoms with van der Waals surface area (Å²) in [4.78, 5) is 22.3. The van der Waals surface area contributed by atoms with Crippen molar-refractivity contribution in [2.45, 2.75) is 13.0 Å². The van der Waals surface area contributed by atoms with Gasteiger partial charge in [-0.3, -0.25) is 14.9 Å². The molecule has 0 saturated heterocycles. The van der Waals surface area contributed by atoms with Crippen LogP contribution in [0.3, 0.4) is 0 Å². The Hall–Kier alpha value is -1.51. The fraction of sp³-hybridized carbons (Fsp3) is 0.545. The van der Waals surface area contributed by atoms with E-state index in [2.05, 4.69) is 10.6 Å². The third-order valence-corrected chi connectivity index (χ3v) is 3.32. The summed E-state index contributed by atoms with van der Waals surface area (Å²) in [5, 5.41) is 16.4. The molecule has 2 N–H and O–H groups in total. The van der Waals surface area contributed by atoms with Gasteiger partial charge < -0.3 is 15.4 Å². The highest BCUT2D eigenvalue weighted by Crippen LogP contribution is 2.23. The molecule has 0 aliphatic rings. The highest BCUT2D eigenvalue weighted by atomic mass is 32.1. The van der Waals surface area contributed by atoms with Gasteiger partial charge in [0.15, 0.2) is 0 Å². The molecule has 1 heterocycles. The second kappa shape index (κ2) is 8.57. The highest BCUT2D eigenvalue weighted by molar-refractivity contribution is 7.15. The molecule has 0 radical (unpaired) electrons. The lowest BCUT2D eigenvalue weighted by Crippen LogP contribution is -2.29. The number of nitrogens with one attached hydrogen (secondary N) is 2. The fourth-order valence-electron chi connectivity index (χ4n) is 1.35. The molecule has 1 rings (SSSR count). The zero-order valence-electron chi connectivity index (χ0n) is 10.7. The number of rotatable bonds is 9. The second-order valence-electron chi connectivity index (χ2n) is 3.77. The molecule has 0 saturated carbocycles. The molecule has 0 unspecified atom stereocenters. The topological polar surface area (TPSA) is 93.5 Å². The number of hydrogen-bond donors (Lipinski definition) is 2. The standard InChI is InChI=1S/C11H17N3O4S/c1-18-7-6-13-10(15)4-5-12-8-9-2-3-11(19-9)14(16)17/h2-3,12H,4-8H2,1H3,(H,13,15). The minimum atomic E-state index is -0.405. The van der Waals surface area contributed by atoms with Crippen LogP contribution in [0.1, 0.15) is 11.3 Å². The summed E-state index contributed by atoms with van der Waals surface area (Å²) in [6.07, 6.45) is 0.372. The summed E-state index contributed by atoms with van der Waals surface area (Å²) in [5.41, 5.74) is 0. The van der Waals surface area contributed by atoms with Crippen LogP contribution in [0.5, 0.6) is 0 Å². The Morgan fingerprint density at radius 3 is 2.89 bits per heavy atom. The third kappa shape index (κ3) is 6.27. The molecule has 7 nitrogen and oxygen atoms in total. The van der Waals surface area contributed by atoms with E-state index in [4.69, 9.17) is 4.74 Å². The van der Waals surface area contributed by atoms with Crippen molar-refractivity contribution in [1.82, 2.24) is 10.6 Å². The van der Waals surface area contributed by atoms with Crippen molar-refractivity contribution in [1.29, 1.82) is 0 Å². The van der Waals surface area contributed by atoms with Crippen molar-refractivity contribution >= 4 is 22.2 Å². The molecule has 1 amide bonds. The number of hydrogen-bond acceptors (Lipinski definition) is 6. The predicted octanol–water partition coefficient (Wildman–Crippen LogP) is 0.899. The average Bonchev–Trinajstić information content (AvgIpc) is 2.84. The van der Waals surface area contributed by atoms with Gasteiger partial charge in [-0.15, -0.1) is 0 Å². The number of carbonyl (C=O) groups is 1. The van der Waals surface area contributed by atoms with Gasteiger partial charge in [0.05, 0.1) is 11.5 Å². The number of thiophene rings is 1. The van der Waals surface area contributed by atoms with Crippen LogP contribution < -0.4 is 10.6 Å². The second-order valence-corrected chi connectivity index (χ2v) is 4.91. The van der Waals surface area contributed by atoms with E-state index in [9.17, 15) is 14.9 Å². The van der Waals surface area contributed by atoms with Crippen LogP contribution >= 0.6 is 11.3 Å². The minimum absolute atomic E-state index is 0.0401. The molecule has 0 aliphatic carbocycles. The predicted molar refractivity (Wildman–Crippen MR) is 72.2 cm³/mol. The average molecular weight is 287 g/mol. The number of nitro groups is 1. The lowest BCUT2D eigenvalue weighted by atomic mass is 10.3. The van der Waals surface area contributed by atoms with Crippen LogP contribution in [0.15, 0.2) is 12.1 Å². The van der Waals surface area contributed by atoms with Crippen molar-refractivity contribution < 1.29 is 14.5 Å². The van der Waals surface area contributed by atoms with Crippen LogP contribution in [0.2, 0.25) is 0 Å². The first-order valence-electron chi connectivity index (χ1n) is 5.83. The zero-order valence-corrected chi connectivity index (χ0v) is 11.5. The van der Waals surface area contributed by atoms with Crippen LogP contribution in [-0.4, -0.2) is 37.6 Å². The van der Waals surface area contributed by atoms with E-state index >= 15 is 0 Å². The molecule has 19 heavy (non-hydrogen) atoms. The Balaban J connectivity index is 2.13. The molecule has 0 spiro atoms. The summed E-state index contributed by atoms with van der Waals surface area (Å²) in [7, 11) is 1.58. The van der Waals surface area contributed by atoms with Gasteiger partial charge in [0.1, 0.15) is 0 Å². The Kier molecular flexibility index (Phi) is 7.01. The van der Waals surface area contributed by atoms with Crippen molar-refractivity contribution in [3.05, 3.63) is 27.1 Å². The van der Waals surface area contributed by atoms with Crippen LogP contribution in [0, 0.1) is 10.1 Å². The van der Waals surface area contributed by atoms with E-state index < -0.39 is 4.92 Å². The molecule has 0 atom stereocenters. The number of carbonyl (C=O) groups excluding carboxylic acids is 1. The molecule has 1 aromatic heterocycles. The van der Waals surface area contributed by atoms with Gasteiger partial charge in [0.2, 0.25) is 5.91 Å². The van der Waals surface area contributed by atoms with Crippen molar-refractivity contribution in [2.75, 3.05) is 26.8 Å². The first kappa shape index (κ1) is 15.5. The van der Waals surface area contributed by atoms with Gasteiger partial charge in [0, 0.05) is 44.1 Å². The first-order chi connectivity index (χ1) is 9.13. The van der Waals surface area contributed by atoms with Crippen molar-refractivity contribution in [3.8, 4) is 0 Å². The van der Waals surface area contributed by atoms with E-state index in [0.29, 0.717) is 32.7 Å². The minimum Gasteiger partial charge on any atom is -0.383 e. The molecule has 0 aromatic carbocycles. The van der Waals surface area contributed by atoms with Crippen LogP contribution in [-0.2, 0) is 16.1 Å². The van der Waals surface area contributed by atoms with E-state index in [-0.39, 0.29) is 10.9 Å². The molecule has 0 aliphatic heterocycles. The van der Waals surface area contributed by atoms with Gasteiger partial charge in [-0.1, -0.05) is 11.3 Å². The first-order valence-corrected chi connectivity index (χ1v) is 6.64. The smallest absolute Gasteiger partial charge is 0.324 e. The largest absolute Gasteiger partial charge is 0.383 e. The third-order valence-electron chi connectivity index (χ3n) is 2.28. The van der Waals surface area contributed by atoms with E-state index in [1.54, 1.807) is 13.2 Å². The molecule has 8 heteroatoms. The summed E-state index contributed by atoms with van der Waals surface area (Å²) in [5.74, 6) is -0.0401. The monoisotopic (exact) mass is 287 g/mol. The Morgan fingerprint density at radius 1 is 1.47 bits per heavy atom. The molecule has 0 bridgehead atoms. The lowest BCUT2D eigenvalue weighted by molar-refractivity contribution is -0.380.